The molecule has 0 aliphatic carbocycles. The first kappa shape index (κ1) is 17.0. The molecule has 3 rings (SSSR count). The lowest BCUT2D eigenvalue weighted by atomic mass is 10.2. The lowest BCUT2D eigenvalue weighted by molar-refractivity contribution is -0.364. The number of nitrogens with one attached hydrogen (secondary N) is 1. The van der Waals surface area contributed by atoms with Gasteiger partial charge in [-0.1, -0.05) is 24.8 Å². The zero-order valence-corrected chi connectivity index (χ0v) is 14.0. The Morgan fingerprint density at radius 3 is 2.52 bits per heavy atom. The number of hydrogen-bond donors (Lipinski definition) is 0. The molecule has 1 aliphatic rings. The molecule has 0 amide bonds. The predicted molar refractivity (Wildman–Crippen MR) is 94.3 cm³/mol. The molecule has 130 valence electrons. The average Bonchev–Trinajstić information content (AvgIpc) is 2.67. The van der Waals surface area contributed by atoms with Crippen LogP contribution in [0.2, 0.25) is 0 Å². The lowest BCUT2D eigenvalue weighted by Crippen LogP contribution is -2.48. The highest BCUT2D eigenvalue weighted by molar-refractivity contribution is 5.88. The van der Waals surface area contributed by atoms with Crippen molar-refractivity contribution in [2.24, 2.45) is 0 Å². The molecular formula is C19H21FN3O2+. The first-order valence-corrected chi connectivity index (χ1v) is 8.23. The van der Waals surface area contributed by atoms with Gasteiger partial charge in [0.25, 0.3) is 5.82 Å². The van der Waals surface area contributed by atoms with Crippen LogP contribution in [0.4, 0.5) is 15.9 Å². The number of anilines is 2. The topological polar surface area (TPSA) is 46.9 Å². The number of carbonyl (C=O) groups is 1. The van der Waals surface area contributed by atoms with Crippen LogP contribution in [0.3, 0.4) is 0 Å². The van der Waals surface area contributed by atoms with Crippen LogP contribution in [0.25, 0.3) is 0 Å². The van der Waals surface area contributed by atoms with Gasteiger partial charge >= 0.3 is 5.97 Å². The minimum Gasteiger partial charge on any atom is -0.458 e. The predicted octanol–water partition coefficient (Wildman–Crippen LogP) is 2.31. The molecule has 25 heavy (non-hydrogen) atoms. The largest absolute Gasteiger partial charge is 0.458 e. The van der Waals surface area contributed by atoms with Crippen LogP contribution in [0.15, 0.2) is 55.3 Å². The van der Waals surface area contributed by atoms with Gasteiger partial charge in [-0.3, -0.25) is 4.90 Å². The van der Waals surface area contributed by atoms with E-state index in [1.54, 1.807) is 24.4 Å². The summed E-state index contributed by atoms with van der Waals surface area (Å²) in [6.45, 7) is 6.71. The number of aromatic amines is 1. The molecule has 1 aliphatic heterocycles. The maximum atomic E-state index is 13.9. The van der Waals surface area contributed by atoms with Crippen molar-refractivity contribution in [1.82, 2.24) is 0 Å². The minimum atomic E-state index is -0.382. The van der Waals surface area contributed by atoms with Crippen molar-refractivity contribution in [3.8, 4) is 0 Å². The van der Waals surface area contributed by atoms with Crippen molar-refractivity contribution in [3.63, 3.8) is 0 Å². The van der Waals surface area contributed by atoms with Gasteiger partial charge < -0.3 is 9.64 Å². The van der Waals surface area contributed by atoms with Crippen molar-refractivity contribution in [1.29, 1.82) is 0 Å². The molecule has 5 nitrogen and oxygen atoms in total. The number of nitrogens with zero attached hydrogens (tertiary/aromatic N) is 2. The highest BCUT2D eigenvalue weighted by atomic mass is 19.1. The summed E-state index contributed by atoms with van der Waals surface area (Å²) in [5.74, 6) is 0.352. The third-order valence-electron chi connectivity index (χ3n) is 4.18. The Morgan fingerprint density at radius 2 is 1.88 bits per heavy atom. The lowest BCUT2D eigenvalue weighted by Gasteiger charge is -2.32. The number of piperazine rings is 1. The van der Waals surface area contributed by atoms with Crippen molar-refractivity contribution < 1.29 is 18.9 Å². The molecular weight excluding hydrogens is 321 g/mol. The Bertz CT molecular complexity index is 741. The molecule has 1 aromatic heterocycles. The van der Waals surface area contributed by atoms with Crippen LogP contribution in [0, 0.1) is 5.82 Å². The average molecular weight is 342 g/mol. The van der Waals surface area contributed by atoms with Gasteiger partial charge in [0.1, 0.15) is 31.7 Å². The second kappa shape index (κ2) is 7.79. The molecule has 0 unspecified atom stereocenters. The molecule has 0 spiro atoms. The maximum absolute atomic E-state index is 13.9. The number of pyridine rings is 1. The van der Waals surface area contributed by atoms with E-state index in [1.165, 1.54) is 12.1 Å². The van der Waals surface area contributed by atoms with E-state index >= 15 is 0 Å². The van der Waals surface area contributed by atoms with Gasteiger partial charge in [-0.05, 0) is 18.2 Å². The van der Waals surface area contributed by atoms with E-state index in [-0.39, 0.29) is 18.4 Å². The summed E-state index contributed by atoms with van der Waals surface area (Å²) in [4.78, 5) is 19.1. The summed E-state index contributed by atoms with van der Waals surface area (Å²) in [5.41, 5.74) is 1.11. The van der Waals surface area contributed by atoms with Crippen molar-refractivity contribution in [2.75, 3.05) is 42.6 Å². The standard InChI is InChI=1S/C19H20FN3O2/c1-2-13-25-19(24)15-7-8-18(21-14-15)23-11-9-22(10-12-23)17-6-4-3-5-16(17)20/h2-8,14H,1,9-13H2/p+1. The van der Waals surface area contributed by atoms with Crippen LogP contribution < -0.4 is 14.8 Å². The molecule has 0 atom stereocenters. The molecule has 1 saturated heterocycles. The SMILES string of the molecule is C=CCOC(=O)c1ccc(N2CCN(c3ccccc3F)CC2)[nH+]c1. The number of halogens is 1. The van der Waals surface area contributed by atoms with Crippen molar-refractivity contribution >= 4 is 17.5 Å². The smallest absolute Gasteiger partial charge is 0.342 e. The van der Waals surface area contributed by atoms with E-state index < -0.39 is 0 Å². The number of para-hydroxylation sites is 1. The van der Waals surface area contributed by atoms with Crippen LogP contribution >= 0.6 is 0 Å². The number of rotatable bonds is 5. The number of ether oxygens (including phenoxy) is 1. The Balaban J connectivity index is 1.60. The summed E-state index contributed by atoms with van der Waals surface area (Å²) in [6.07, 6.45) is 3.18. The Morgan fingerprint density at radius 1 is 1.16 bits per heavy atom. The fourth-order valence-electron chi connectivity index (χ4n) is 2.85. The molecule has 0 saturated carbocycles. The fourth-order valence-corrected chi connectivity index (χ4v) is 2.85. The number of benzene rings is 1. The first-order chi connectivity index (χ1) is 12.2. The normalized spacial score (nSPS) is 14.3. The minimum absolute atomic E-state index is 0.190. The van der Waals surface area contributed by atoms with Crippen LogP contribution in [0.1, 0.15) is 10.4 Å². The number of esters is 1. The summed E-state index contributed by atoms with van der Waals surface area (Å²) >= 11 is 0. The molecule has 0 radical (unpaired) electrons. The highest BCUT2D eigenvalue weighted by Gasteiger charge is 2.25. The molecule has 2 heterocycles. The number of hydrogen-bond acceptors (Lipinski definition) is 4. The van der Waals surface area contributed by atoms with Gasteiger partial charge in [-0.25, -0.2) is 14.2 Å². The van der Waals surface area contributed by atoms with E-state index in [2.05, 4.69) is 16.5 Å². The van der Waals surface area contributed by atoms with E-state index in [4.69, 9.17) is 4.74 Å². The van der Waals surface area contributed by atoms with E-state index in [0.717, 1.165) is 32.0 Å². The molecule has 1 aromatic carbocycles. The van der Waals surface area contributed by atoms with Gasteiger partial charge in [0.05, 0.1) is 24.3 Å². The maximum Gasteiger partial charge on any atom is 0.342 e. The highest BCUT2D eigenvalue weighted by Crippen LogP contribution is 2.21. The van der Waals surface area contributed by atoms with Crippen molar-refractivity contribution in [2.45, 2.75) is 0 Å². The van der Waals surface area contributed by atoms with Crippen molar-refractivity contribution in [3.05, 3.63) is 66.6 Å². The number of carbonyl (C=O) groups excluding carboxylic acids is 1. The number of H-pyrrole nitrogens is 1. The fraction of sp³-hybridized carbons (Fsp3) is 0.263. The van der Waals surface area contributed by atoms with Crippen LogP contribution in [-0.2, 0) is 4.74 Å². The monoisotopic (exact) mass is 342 g/mol. The summed E-state index contributed by atoms with van der Waals surface area (Å²) in [5, 5.41) is 0. The van der Waals surface area contributed by atoms with Crippen LogP contribution in [0.5, 0.6) is 0 Å². The summed E-state index contributed by atoms with van der Waals surface area (Å²) in [7, 11) is 0. The van der Waals surface area contributed by atoms with Gasteiger partial charge in [0, 0.05) is 6.07 Å². The summed E-state index contributed by atoms with van der Waals surface area (Å²) in [6, 6.07) is 10.4. The van der Waals surface area contributed by atoms with E-state index in [1.807, 2.05) is 17.0 Å². The third-order valence-corrected chi connectivity index (χ3v) is 4.18. The first-order valence-electron chi connectivity index (χ1n) is 8.23. The van der Waals surface area contributed by atoms with Gasteiger partial charge in [0.2, 0.25) is 0 Å². The zero-order chi connectivity index (χ0) is 17.6. The Kier molecular flexibility index (Phi) is 5.28. The molecule has 0 bridgehead atoms. The molecule has 1 N–H and O–H groups in total. The van der Waals surface area contributed by atoms with Gasteiger partial charge in [-0.2, -0.15) is 0 Å². The molecule has 2 aromatic rings. The quantitative estimate of drug-likeness (QED) is 0.618. The summed E-state index contributed by atoms with van der Waals surface area (Å²) < 4.78 is 18.9. The van der Waals surface area contributed by atoms with E-state index in [0.29, 0.717) is 11.3 Å². The van der Waals surface area contributed by atoms with Gasteiger partial charge in [-0.15, -0.1) is 0 Å². The second-order valence-corrected chi connectivity index (χ2v) is 5.78. The van der Waals surface area contributed by atoms with Gasteiger partial charge in [0.15, 0.2) is 0 Å². The van der Waals surface area contributed by atoms with E-state index in [9.17, 15) is 9.18 Å². The Hall–Kier alpha value is -2.89. The second-order valence-electron chi connectivity index (χ2n) is 5.78. The zero-order valence-electron chi connectivity index (χ0n) is 14.0. The molecule has 6 heteroatoms. The number of aromatic nitrogens is 1. The molecule has 1 fully saturated rings. The third kappa shape index (κ3) is 3.96. The van der Waals surface area contributed by atoms with Crippen LogP contribution in [-0.4, -0.2) is 38.8 Å². The Labute approximate surface area is 146 Å².